The van der Waals surface area contributed by atoms with E-state index in [1.165, 1.54) is 12.7 Å². The predicted octanol–water partition coefficient (Wildman–Crippen LogP) is 2.99. The molecule has 1 amide bonds. The van der Waals surface area contributed by atoms with Crippen molar-refractivity contribution in [2.45, 2.75) is 19.4 Å². The average Bonchev–Trinajstić information content (AvgIpc) is 3.11. The Labute approximate surface area is 163 Å². The lowest BCUT2D eigenvalue weighted by atomic mass is 9.93. The molecule has 1 atom stereocenters. The van der Waals surface area contributed by atoms with E-state index in [9.17, 15) is 9.59 Å². The van der Waals surface area contributed by atoms with Crippen LogP contribution in [-0.2, 0) is 20.7 Å². The van der Waals surface area contributed by atoms with Crippen molar-refractivity contribution in [3.63, 3.8) is 0 Å². The highest BCUT2D eigenvalue weighted by molar-refractivity contribution is 5.76. The zero-order chi connectivity index (χ0) is 19.7. The fourth-order valence-corrected chi connectivity index (χ4v) is 3.90. The predicted molar refractivity (Wildman–Crippen MR) is 104 cm³/mol. The maximum Gasteiger partial charge on any atom is 0.343 e. The topological polar surface area (TPSA) is 60.2 Å². The highest BCUT2D eigenvalue weighted by atomic mass is 16.6. The molecule has 1 aromatic carbocycles. The van der Waals surface area contributed by atoms with Gasteiger partial charge in [0.05, 0.1) is 24.4 Å². The fraction of sp³-hybridized carbons (Fsp3) is 0.273. The van der Waals surface area contributed by atoms with Crippen molar-refractivity contribution in [3.05, 3.63) is 71.5 Å². The van der Waals surface area contributed by atoms with Gasteiger partial charge in [0, 0.05) is 19.7 Å². The Balaban J connectivity index is 1.84. The number of carbonyl (C=O) groups is 2. The Kier molecular flexibility index (Phi) is 4.77. The SMILES string of the molecule is COC(=O)COc1cccn2c3c(cc12)CCN(C(C)=O)C3c1ccccc1. The van der Waals surface area contributed by atoms with Gasteiger partial charge in [-0.3, -0.25) is 4.79 Å². The number of esters is 1. The van der Waals surface area contributed by atoms with E-state index in [0.717, 1.165) is 23.2 Å². The molecule has 6 heteroatoms. The molecule has 144 valence electrons. The summed E-state index contributed by atoms with van der Waals surface area (Å²) in [7, 11) is 1.34. The molecule has 0 saturated heterocycles. The van der Waals surface area contributed by atoms with Gasteiger partial charge in [-0.1, -0.05) is 30.3 Å². The van der Waals surface area contributed by atoms with Crippen molar-refractivity contribution in [3.8, 4) is 5.75 Å². The molecule has 6 nitrogen and oxygen atoms in total. The number of methoxy groups -OCH3 is 1. The molecule has 3 heterocycles. The summed E-state index contributed by atoms with van der Waals surface area (Å²) in [4.78, 5) is 25.7. The minimum Gasteiger partial charge on any atom is -0.480 e. The van der Waals surface area contributed by atoms with E-state index in [0.29, 0.717) is 12.3 Å². The van der Waals surface area contributed by atoms with Crippen molar-refractivity contribution in [1.82, 2.24) is 9.30 Å². The van der Waals surface area contributed by atoms with E-state index in [4.69, 9.17) is 4.74 Å². The minimum absolute atomic E-state index is 0.0487. The third-order valence-electron chi connectivity index (χ3n) is 5.18. The van der Waals surface area contributed by atoms with Gasteiger partial charge in [0.1, 0.15) is 5.75 Å². The Morgan fingerprint density at radius 2 is 1.93 bits per heavy atom. The van der Waals surface area contributed by atoms with Crippen LogP contribution in [0.4, 0.5) is 0 Å². The van der Waals surface area contributed by atoms with Gasteiger partial charge in [0.15, 0.2) is 6.61 Å². The zero-order valence-corrected chi connectivity index (χ0v) is 15.9. The molecule has 0 N–H and O–H groups in total. The molecule has 4 rings (SSSR count). The lowest BCUT2D eigenvalue weighted by Gasteiger charge is -2.36. The molecule has 1 aliphatic rings. The highest BCUT2D eigenvalue weighted by Gasteiger charge is 2.33. The number of amides is 1. The number of aromatic nitrogens is 1. The smallest absolute Gasteiger partial charge is 0.343 e. The summed E-state index contributed by atoms with van der Waals surface area (Å²) in [6.07, 6.45) is 2.75. The standard InChI is InChI=1S/C22H22N2O4/c1-15(25)23-12-10-17-13-18-19(28-14-20(26)27-2)9-6-11-24(18)22(17)21(23)16-7-4-3-5-8-16/h3-9,11,13,21H,10,12,14H2,1-2H3. The summed E-state index contributed by atoms with van der Waals surface area (Å²) in [5.41, 5.74) is 4.19. The second-order valence-corrected chi connectivity index (χ2v) is 6.82. The molecule has 0 spiro atoms. The van der Waals surface area contributed by atoms with E-state index in [2.05, 4.69) is 15.2 Å². The van der Waals surface area contributed by atoms with E-state index >= 15 is 0 Å². The Morgan fingerprint density at radius 1 is 1.14 bits per heavy atom. The van der Waals surface area contributed by atoms with Crippen molar-refractivity contribution in [1.29, 1.82) is 0 Å². The number of hydrogen-bond acceptors (Lipinski definition) is 4. The Morgan fingerprint density at radius 3 is 2.64 bits per heavy atom. The monoisotopic (exact) mass is 378 g/mol. The number of rotatable bonds is 4. The summed E-state index contributed by atoms with van der Waals surface area (Å²) in [6.45, 7) is 2.13. The molecule has 3 aromatic rings. The molecule has 0 radical (unpaired) electrons. The third kappa shape index (κ3) is 3.11. The summed E-state index contributed by atoms with van der Waals surface area (Å²) in [5, 5.41) is 0. The molecule has 1 aliphatic heterocycles. The largest absolute Gasteiger partial charge is 0.480 e. The molecule has 2 aromatic heterocycles. The third-order valence-corrected chi connectivity index (χ3v) is 5.18. The van der Waals surface area contributed by atoms with Gasteiger partial charge >= 0.3 is 5.97 Å². The van der Waals surface area contributed by atoms with E-state index in [-0.39, 0.29) is 18.6 Å². The lowest BCUT2D eigenvalue weighted by Crippen LogP contribution is -2.39. The fourth-order valence-electron chi connectivity index (χ4n) is 3.90. The molecule has 28 heavy (non-hydrogen) atoms. The summed E-state index contributed by atoms with van der Waals surface area (Å²) >= 11 is 0. The van der Waals surface area contributed by atoms with Gasteiger partial charge in [0.25, 0.3) is 0 Å². The van der Waals surface area contributed by atoms with Crippen LogP contribution in [0.25, 0.3) is 5.52 Å². The number of pyridine rings is 1. The van der Waals surface area contributed by atoms with Crippen molar-refractivity contribution in [2.24, 2.45) is 0 Å². The van der Waals surface area contributed by atoms with Gasteiger partial charge in [0.2, 0.25) is 5.91 Å². The maximum absolute atomic E-state index is 12.4. The molecule has 1 unspecified atom stereocenters. The van der Waals surface area contributed by atoms with Gasteiger partial charge in [-0.25, -0.2) is 4.79 Å². The number of benzene rings is 1. The van der Waals surface area contributed by atoms with E-state index in [1.807, 2.05) is 53.6 Å². The zero-order valence-electron chi connectivity index (χ0n) is 15.9. The quantitative estimate of drug-likeness (QED) is 0.655. The van der Waals surface area contributed by atoms with Crippen LogP contribution in [0.3, 0.4) is 0 Å². The first-order chi connectivity index (χ1) is 13.6. The highest BCUT2D eigenvalue weighted by Crippen LogP contribution is 2.38. The van der Waals surface area contributed by atoms with Gasteiger partial charge in [-0.05, 0) is 35.7 Å². The van der Waals surface area contributed by atoms with Crippen molar-refractivity contribution >= 4 is 17.4 Å². The van der Waals surface area contributed by atoms with Crippen LogP contribution < -0.4 is 4.74 Å². The number of carbonyl (C=O) groups excluding carboxylic acids is 2. The van der Waals surface area contributed by atoms with Crippen LogP contribution in [0.5, 0.6) is 5.75 Å². The number of fused-ring (bicyclic) bond motifs is 3. The van der Waals surface area contributed by atoms with Gasteiger partial charge < -0.3 is 18.8 Å². The first-order valence-electron chi connectivity index (χ1n) is 9.24. The van der Waals surface area contributed by atoms with Gasteiger partial charge in [-0.15, -0.1) is 0 Å². The first-order valence-corrected chi connectivity index (χ1v) is 9.24. The molecular weight excluding hydrogens is 356 g/mol. The van der Waals surface area contributed by atoms with Crippen LogP contribution >= 0.6 is 0 Å². The number of hydrogen-bond donors (Lipinski definition) is 0. The number of nitrogens with zero attached hydrogens (tertiary/aromatic N) is 2. The second-order valence-electron chi connectivity index (χ2n) is 6.82. The average molecular weight is 378 g/mol. The van der Waals surface area contributed by atoms with Crippen LogP contribution in [0.2, 0.25) is 0 Å². The van der Waals surface area contributed by atoms with Crippen LogP contribution in [0.15, 0.2) is 54.7 Å². The molecular formula is C22H22N2O4. The van der Waals surface area contributed by atoms with Crippen molar-refractivity contribution < 1.29 is 19.1 Å². The second kappa shape index (κ2) is 7.38. The van der Waals surface area contributed by atoms with E-state index in [1.54, 1.807) is 6.92 Å². The Hall–Kier alpha value is -3.28. The van der Waals surface area contributed by atoms with Crippen LogP contribution in [0, 0.1) is 0 Å². The molecule has 0 aliphatic carbocycles. The summed E-state index contributed by atoms with van der Waals surface area (Å²) in [6, 6.07) is 15.7. The number of ether oxygens (including phenoxy) is 2. The van der Waals surface area contributed by atoms with Crippen molar-refractivity contribution in [2.75, 3.05) is 20.3 Å². The Bertz CT molecular complexity index is 1030. The van der Waals surface area contributed by atoms with Crippen LogP contribution in [-0.4, -0.2) is 41.4 Å². The first kappa shape index (κ1) is 18.1. The minimum atomic E-state index is -0.428. The van der Waals surface area contributed by atoms with Crippen LogP contribution in [0.1, 0.15) is 29.8 Å². The summed E-state index contributed by atoms with van der Waals surface area (Å²) in [5.74, 6) is 0.235. The normalized spacial score (nSPS) is 15.9. The summed E-state index contributed by atoms with van der Waals surface area (Å²) < 4.78 is 12.4. The molecule has 0 bridgehead atoms. The molecule has 0 saturated carbocycles. The lowest BCUT2D eigenvalue weighted by molar-refractivity contribution is -0.142. The van der Waals surface area contributed by atoms with Gasteiger partial charge in [-0.2, -0.15) is 0 Å². The maximum atomic E-state index is 12.4. The van der Waals surface area contributed by atoms with E-state index < -0.39 is 5.97 Å². The molecule has 0 fully saturated rings.